The van der Waals surface area contributed by atoms with E-state index in [0.29, 0.717) is 0 Å². The van der Waals surface area contributed by atoms with Gasteiger partial charge in [-0.25, -0.2) is 0 Å². The number of hydrogen-bond donors (Lipinski definition) is 0. The minimum atomic E-state index is 1.13. The SMILES string of the molecule is c1ccc(-c2ccc(-c3ccccc3)n2-c2ccc3cc4c(-c5ccc(-c6cc7ccccc7c7ccccc67)cc5)ccc(-c5ccc(-c6cc7ccccc7c7ccccc67)cc5)c4cc3c2)cc1. The normalized spacial score (nSPS) is 11.7. The van der Waals surface area contributed by atoms with Crippen molar-refractivity contribution in [2.75, 3.05) is 0 Å². The van der Waals surface area contributed by atoms with E-state index in [1.165, 1.54) is 120 Å². The molecule has 0 N–H and O–H groups in total. The van der Waals surface area contributed by atoms with E-state index < -0.39 is 0 Å². The van der Waals surface area contributed by atoms with E-state index in [-0.39, 0.29) is 0 Å². The maximum Gasteiger partial charge on any atom is 0.0535 e. The van der Waals surface area contributed by atoms with Crippen molar-refractivity contribution in [1.29, 1.82) is 0 Å². The van der Waals surface area contributed by atoms with Crippen LogP contribution in [0.25, 0.3) is 137 Å². The third kappa shape index (κ3) is 6.93. The number of fused-ring (bicyclic) bond motifs is 8. The van der Waals surface area contributed by atoms with E-state index >= 15 is 0 Å². The predicted octanol–water partition coefficient (Wildman–Crippen LogP) is 19.4. The Morgan fingerprint density at radius 3 is 1.03 bits per heavy atom. The summed E-state index contributed by atoms with van der Waals surface area (Å²) >= 11 is 0. The molecule has 14 rings (SSSR count). The zero-order chi connectivity index (χ0) is 46.8. The van der Waals surface area contributed by atoms with Crippen molar-refractivity contribution in [3.8, 4) is 72.7 Å². The Kier molecular flexibility index (Phi) is 9.60. The molecule has 0 fully saturated rings. The lowest BCUT2D eigenvalue weighted by molar-refractivity contribution is 1.10. The van der Waals surface area contributed by atoms with Crippen LogP contribution in [0.2, 0.25) is 0 Å². The molecule has 1 nitrogen and oxygen atoms in total. The Morgan fingerprint density at radius 2 is 0.563 bits per heavy atom. The average Bonchev–Trinajstić information content (AvgIpc) is 3.90. The first-order chi connectivity index (χ1) is 35.2. The summed E-state index contributed by atoms with van der Waals surface area (Å²) in [7, 11) is 0. The monoisotopic (exact) mass is 899 g/mol. The molecule has 1 heteroatoms. The van der Waals surface area contributed by atoms with Crippen molar-refractivity contribution in [1.82, 2.24) is 4.57 Å². The van der Waals surface area contributed by atoms with Crippen LogP contribution in [0, 0.1) is 0 Å². The van der Waals surface area contributed by atoms with Crippen molar-refractivity contribution in [2.24, 2.45) is 0 Å². The van der Waals surface area contributed by atoms with Crippen LogP contribution in [-0.4, -0.2) is 4.57 Å². The van der Waals surface area contributed by atoms with Gasteiger partial charge in [-0.05, 0) is 169 Å². The predicted molar refractivity (Wildman–Crippen MR) is 303 cm³/mol. The molecular formula is C70H45N. The molecule has 330 valence electrons. The molecule has 0 aliphatic carbocycles. The second-order valence-electron chi connectivity index (χ2n) is 18.8. The van der Waals surface area contributed by atoms with Crippen LogP contribution >= 0.6 is 0 Å². The average molecular weight is 900 g/mol. The Hall–Kier alpha value is -9.30. The van der Waals surface area contributed by atoms with Crippen LogP contribution in [0.15, 0.2) is 273 Å². The molecule has 0 atom stereocenters. The van der Waals surface area contributed by atoms with Gasteiger partial charge in [0.05, 0.1) is 11.4 Å². The maximum absolute atomic E-state index is 2.43. The lowest BCUT2D eigenvalue weighted by Gasteiger charge is -2.17. The third-order valence-electron chi connectivity index (χ3n) is 14.8. The minimum Gasteiger partial charge on any atom is -0.309 e. The molecule has 1 aromatic heterocycles. The summed E-state index contributed by atoms with van der Waals surface area (Å²) < 4.78 is 2.42. The fourth-order valence-electron chi connectivity index (χ4n) is 11.3. The lowest BCUT2D eigenvalue weighted by Crippen LogP contribution is -1.99. The van der Waals surface area contributed by atoms with Gasteiger partial charge in [-0.3, -0.25) is 0 Å². The number of nitrogens with zero attached hydrogens (tertiary/aromatic N) is 1. The van der Waals surface area contributed by atoms with Crippen LogP contribution in [0.4, 0.5) is 0 Å². The first-order valence-corrected chi connectivity index (χ1v) is 24.6. The molecule has 71 heavy (non-hydrogen) atoms. The third-order valence-corrected chi connectivity index (χ3v) is 14.8. The van der Waals surface area contributed by atoms with E-state index in [4.69, 9.17) is 0 Å². The molecule has 0 aliphatic rings. The van der Waals surface area contributed by atoms with Crippen LogP contribution < -0.4 is 0 Å². The Labute approximate surface area is 412 Å². The summed E-state index contributed by atoms with van der Waals surface area (Å²) in [4.78, 5) is 0. The van der Waals surface area contributed by atoms with E-state index in [2.05, 4.69) is 278 Å². The van der Waals surface area contributed by atoms with Crippen molar-refractivity contribution < 1.29 is 0 Å². The highest BCUT2D eigenvalue weighted by Gasteiger charge is 2.18. The zero-order valence-electron chi connectivity index (χ0n) is 38.9. The highest BCUT2D eigenvalue weighted by molar-refractivity contribution is 6.16. The quantitative estimate of drug-likeness (QED) is 0.111. The molecule has 0 saturated carbocycles. The first-order valence-electron chi connectivity index (χ1n) is 24.6. The second kappa shape index (κ2) is 16.7. The fourth-order valence-corrected chi connectivity index (χ4v) is 11.3. The first kappa shape index (κ1) is 40.7. The molecule has 0 unspecified atom stereocenters. The van der Waals surface area contributed by atoms with Crippen LogP contribution in [0.3, 0.4) is 0 Å². The largest absolute Gasteiger partial charge is 0.309 e. The van der Waals surface area contributed by atoms with Crippen molar-refractivity contribution in [3.63, 3.8) is 0 Å². The van der Waals surface area contributed by atoms with Gasteiger partial charge in [0.2, 0.25) is 0 Å². The molecule has 0 radical (unpaired) electrons. The Bertz CT molecular complexity index is 4290. The van der Waals surface area contributed by atoms with Gasteiger partial charge in [-0.2, -0.15) is 0 Å². The molecular weight excluding hydrogens is 855 g/mol. The number of aromatic nitrogens is 1. The van der Waals surface area contributed by atoms with Gasteiger partial charge in [0, 0.05) is 5.69 Å². The summed E-state index contributed by atoms with van der Waals surface area (Å²) in [6.07, 6.45) is 0. The van der Waals surface area contributed by atoms with Crippen molar-refractivity contribution in [2.45, 2.75) is 0 Å². The van der Waals surface area contributed by atoms with Gasteiger partial charge in [-0.1, -0.05) is 224 Å². The standard InChI is InChI=1S/C70H45N/c1-3-15-50(16-4-1)69-39-40-70(51-17-5-2-6-18-51)71(69)56-36-35-52-42-67-59(46-27-31-48(32-28-46)65-43-53-19-7-9-21-57(53)61-23-11-13-25-63(61)65)37-38-60(68(67)45-55(52)41-56)47-29-33-49(34-30-47)66-44-54-20-8-10-22-58(54)62-24-12-14-26-64(62)66/h1-45H. The van der Waals surface area contributed by atoms with E-state index in [0.717, 1.165) is 17.1 Å². The van der Waals surface area contributed by atoms with Gasteiger partial charge in [-0.15, -0.1) is 0 Å². The van der Waals surface area contributed by atoms with Gasteiger partial charge >= 0.3 is 0 Å². The summed E-state index contributed by atoms with van der Waals surface area (Å²) in [6, 6.07) is 101. The highest BCUT2D eigenvalue weighted by atomic mass is 15.0. The topological polar surface area (TPSA) is 4.93 Å². The fraction of sp³-hybridized carbons (Fsp3) is 0. The number of hydrogen-bond acceptors (Lipinski definition) is 0. The van der Waals surface area contributed by atoms with Gasteiger partial charge < -0.3 is 4.57 Å². The van der Waals surface area contributed by atoms with Crippen LogP contribution in [-0.2, 0) is 0 Å². The van der Waals surface area contributed by atoms with E-state index in [1.54, 1.807) is 0 Å². The molecule has 0 saturated heterocycles. The summed E-state index contributed by atoms with van der Waals surface area (Å²) in [5.74, 6) is 0. The summed E-state index contributed by atoms with van der Waals surface area (Å²) in [6.45, 7) is 0. The smallest absolute Gasteiger partial charge is 0.0535 e. The van der Waals surface area contributed by atoms with Gasteiger partial charge in [0.15, 0.2) is 0 Å². The minimum absolute atomic E-state index is 1.13. The molecule has 0 spiro atoms. The number of rotatable bonds is 7. The maximum atomic E-state index is 2.43. The molecule has 1 heterocycles. The van der Waals surface area contributed by atoms with E-state index in [9.17, 15) is 0 Å². The lowest BCUT2D eigenvalue weighted by atomic mass is 9.88. The Balaban J connectivity index is 0.937. The van der Waals surface area contributed by atoms with E-state index in [1.807, 2.05) is 0 Å². The second-order valence-corrected chi connectivity index (χ2v) is 18.8. The van der Waals surface area contributed by atoms with Gasteiger partial charge in [0.1, 0.15) is 0 Å². The summed E-state index contributed by atoms with van der Waals surface area (Å²) in [5, 5.41) is 15.0. The van der Waals surface area contributed by atoms with Gasteiger partial charge in [0.25, 0.3) is 0 Å². The zero-order valence-corrected chi connectivity index (χ0v) is 38.9. The highest BCUT2D eigenvalue weighted by Crippen LogP contribution is 2.43. The van der Waals surface area contributed by atoms with Crippen molar-refractivity contribution >= 4 is 64.6 Å². The molecule has 0 aliphatic heterocycles. The Morgan fingerprint density at radius 1 is 0.183 bits per heavy atom. The van der Waals surface area contributed by atoms with Crippen LogP contribution in [0.5, 0.6) is 0 Å². The molecule has 0 amide bonds. The van der Waals surface area contributed by atoms with Crippen LogP contribution in [0.1, 0.15) is 0 Å². The molecule has 13 aromatic carbocycles. The van der Waals surface area contributed by atoms with Crippen molar-refractivity contribution in [3.05, 3.63) is 273 Å². The molecule has 14 aromatic rings. The summed E-state index contributed by atoms with van der Waals surface area (Å²) in [5.41, 5.74) is 15.5. The number of benzene rings is 13. The molecule has 0 bridgehead atoms.